The van der Waals surface area contributed by atoms with Crippen molar-refractivity contribution in [3.8, 4) is 5.75 Å². The van der Waals surface area contributed by atoms with Crippen LogP contribution in [0, 0.1) is 0 Å². The van der Waals surface area contributed by atoms with Crippen molar-refractivity contribution >= 4 is 16.8 Å². The summed E-state index contributed by atoms with van der Waals surface area (Å²) in [6, 6.07) is 26.4. The fourth-order valence-electron chi connectivity index (χ4n) is 4.21. The zero-order valence-corrected chi connectivity index (χ0v) is 18.2. The Morgan fingerprint density at radius 3 is 2.32 bits per heavy atom. The Hall–Kier alpha value is -3.53. The average Bonchev–Trinajstić information content (AvgIpc) is 3.14. The molecule has 3 aromatic carbocycles. The van der Waals surface area contributed by atoms with Gasteiger partial charge in [0.05, 0.1) is 13.2 Å². The summed E-state index contributed by atoms with van der Waals surface area (Å²) < 4.78 is 7.46. The number of benzene rings is 3. The fourth-order valence-corrected chi connectivity index (χ4v) is 4.21. The predicted molar refractivity (Wildman–Crippen MR) is 125 cm³/mol. The number of nitrogens with zero attached hydrogens (tertiary/aromatic N) is 1. The van der Waals surface area contributed by atoms with Gasteiger partial charge in [0, 0.05) is 36.5 Å². The topological polar surface area (TPSA) is 43.3 Å². The largest absolute Gasteiger partial charge is 0.497 e. The number of carbonyl (C=O) groups is 1. The molecule has 4 heteroatoms. The number of fused-ring (bicyclic) bond motifs is 1. The van der Waals surface area contributed by atoms with E-state index in [1.807, 2.05) is 55.5 Å². The van der Waals surface area contributed by atoms with Crippen molar-refractivity contribution in [3.05, 3.63) is 102 Å². The van der Waals surface area contributed by atoms with E-state index < -0.39 is 0 Å². The molecular weight excluding hydrogens is 384 g/mol. The van der Waals surface area contributed by atoms with Gasteiger partial charge in [0.2, 0.25) is 5.91 Å². The standard InChI is InChI=1S/C27H28N2O2/c1-19(20-9-5-4-6-10-20)28-27(30)17-24(21-13-15-22(31-3)16-14-21)25-18-29(2)26-12-8-7-11-23(25)26/h4-16,18-19,24H,17H2,1-3H3,(H,28,30). The van der Waals surface area contributed by atoms with Gasteiger partial charge in [-0.3, -0.25) is 4.79 Å². The van der Waals surface area contributed by atoms with Crippen LogP contribution >= 0.6 is 0 Å². The van der Waals surface area contributed by atoms with E-state index in [4.69, 9.17) is 4.74 Å². The van der Waals surface area contributed by atoms with Gasteiger partial charge < -0.3 is 14.6 Å². The minimum Gasteiger partial charge on any atom is -0.497 e. The summed E-state index contributed by atoms with van der Waals surface area (Å²) in [5.74, 6) is 0.785. The molecule has 31 heavy (non-hydrogen) atoms. The zero-order valence-electron chi connectivity index (χ0n) is 18.2. The number of hydrogen-bond donors (Lipinski definition) is 1. The molecule has 1 amide bonds. The van der Waals surface area contributed by atoms with Crippen LogP contribution in [-0.2, 0) is 11.8 Å². The minimum atomic E-state index is -0.0556. The first-order chi connectivity index (χ1) is 15.1. The molecule has 0 saturated carbocycles. The van der Waals surface area contributed by atoms with E-state index in [2.05, 4.69) is 53.5 Å². The summed E-state index contributed by atoms with van der Waals surface area (Å²) in [7, 11) is 3.71. The molecule has 2 atom stereocenters. The third-order valence-corrected chi connectivity index (χ3v) is 5.89. The maximum atomic E-state index is 13.1. The molecule has 1 heterocycles. The molecule has 4 rings (SSSR count). The van der Waals surface area contributed by atoms with E-state index in [0.29, 0.717) is 6.42 Å². The molecule has 0 fully saturated rings. The molecule has 158 valence electrons. The van der Waals surface area contributed by atoms with Crippen LogP contribution in [0.5, 0.6) is 5.75 Å². The summed E-state index contributed by atoms with van der Waals surface area (Å²) in [5, 5.41) is 4.35. The second-order valence-electron chi connectivity index (χ2n) is 7.94. The third kappa shape index (κ3) is 4.48. The van der Waals surface area contributed by atoms with Crippen LogP contribution in [0.4, 0.5) is 0 Å². The maximum absolute atomic E-state index is 13.1. The lowest BCUT2D eigenvalue weighted by molar-refractivity contribution is -0.121. The van der Waals surface area contributed by atoms with E-state index in [9.17, 15) is 4.79 Å². The highest BCUT2D eigenvalue weighted by Gasteiger charge is 2.23. The monoisotopic (exact) mass is 412 g/mol. The van der Waals surface area contributed by atoms with Gasteiger partial charge in [0.15, 0.2) is 0 Å². The Bertz CT molecular complexity index is 1160. The summed E-state index contributed by atoms with van der Waals surface area (Å²) >= 11 is 0. The van der Waals surface area contributed by atoms with Gasteiger partial charge in [-0.15, -0.1) is 0 Å². The van der Waals surface area contributed by atoms with Crippen molar-refractivity contribution in [3.63, 3.8) is 0 Å². The predicted octanol–water partition coefficient (Wildman–Crippen LogP) is 5.59. The SMILES string of the molecule is COc1ccc(C(CC(=O)NC(C)c2ccccc2)c2cn(C)c3ccccc23)cc1. The molecule has 1 aromatic heterocycles. The van der Waals surface area contributed by atoms with Crippen LogP contribution in [0.2, 0.25) is 0 Å². The Kier molecular flexibility index (Phi) is 6.08. The highest BCUT2D eigenvalue weighted by atomic mass is 16.5. The summed E-state index contributed by atoms with van der Waals surface area (Å²) in [5.41, 5.74) is 4.52. The zero-order chi connectivity index (χ0) is 21.8. The lowest BCUT2D eigenvalue weighted by Gasteiger charge is -2.20. The molecule has 0 aliphatic carbocycles. The first kappa shape index (κ1) is 20.7. The number of amides is 1. The number of aryl methyl sites for hydroxylation is 1. The summed E-state index contributed by atoms with van der Waals surface area (Å²) in [6.07, 6.45) is 2.52. The van der Waals surface area contributed by atoms with Crippen LogP contribution in [0.15, 0.2) is 85.1 Å². The normalized spacial score (nSPS) is 13.0. The molecule has 2 unspecified atom stereocenters. The molecule has 1 N–H and O–H groups in total. The van der Waals surface area contributed by atoms with Crippen LogP contribution < -0.4 is 10.1 Å². The van der Waals surface area contributed by atoms with E-state index in [1.165, 1.54) is 5.39 Å². The molecule has 4 nitrogen and oxygen atoms in total. The first-order valence-corrected chi connectivity index (χ1v) is 10.6. The second kappa shape index (κ2) is 9.09. The quantitative estimate of drug-likeness (QED) is 0.430. The fraction of sp³-hybridized carbons (Fsp3) is 0.222. The molecule has 0 bridgehead atoms. The molecule has 0 saturated heterocycles. The van der Waals surface area contributed by atoms with Crippen molar-refractivity contribution in [2.45, 2.75) is 25.3 Å². The number of ether oxygens (including phenoxy) is 1. The molecular formula is C27H28N2O2. The number of rotatable bonds is 7. The van der Waals surface area contributed by atoms with E-state index in [-0.39, 0.29) is 17.9 Å². The van der Waals surface area contributed by atoms with E-state index in [0.717, 1.165) is 28.0 Å². The average molecular weight is 413 g/mol. The van der Waals surface area contributed by atoms with E-state index in [1.54, 1.807) is 7.11 Å². The van der Waals surface area contributed by atoms with Crippen LogP contribution in [0.1, 0.15) is 42.0 Å². The number of carbonyl (C=O) groups excluding carboxylic acids is 1. The maximum Gasteiger partial charge on any atom is 0.221 e. The number of methoxy groups -OCH3 is 1. The molecule has 0 aliphatic rings. The van der Waals surface area contributed by atoms with Crippen LogP contribution in [0.3, 0.4) is 0 Å². The van der Waals surface area contributed by atoms with Crippen molar-refractivity contribution in [2.24, 2.45) is 7.05 Å². The molecule has 4 aromatic rings. The highest BCUT2D eigenvalue weighted by molar-refractivity contribution is 5.86. The lowest BCUT2D eigenvalue weighted by Crippen LogP contribution is -2.28. The number of hydrogen-bond acceptors (Lipinski definition) is 2. The van der Waals surface area contributed by atoms with Gasteiger partial charge in [0.25, 0.3) is 0 Å². The van der Waals surface area contributed by atoms with Crippen molar-refractivity contribution in [1.82, 2.24) is 9.88 Å². The number of aromatic nitrogens is 1. The Morgan fingerprint density at radius 1 is 0.935 bits per heavy atom. The number of para-hydroxylation sites is 1. The van der Waals surface area contributed by atoms with Gasteiger partial charge >= 0.3 is 0 Å². The number of nitrogens with one attached hydrogen (secondary N) is 1. The van der Waals surface area contributed by atoms with Gasteiger partial charge in [-0.05, 0) is 41.8 Å². The third-order valence-electron chi connectivity index (χ3n) is 5.89. The van der Waals surface area contributed by atoms with Crippen molar-refractivity contribution in [1.29, 1.82) is 0 Å². The summed E-state index contributed by atoms with van der Waals surface area (Å²) in [4.78, 5) is 13.1. The Morgan fingerprint density at radius 2 is 1.61 bits per heavy atom. The van der Waals surface area contributed by atoms with Crippen molar-refractivity contribution in [2.75, 3.05) is 7.11 Å². The molecule has 0 radical (unpaired) electrons. The molecule has 0 aliphatic heterocycles. The minimum absolute atomic E-state index is 0.0325. The van der Waals surface area contributed by atoms with Gasteiger partial charge in [-0.2, -0.15) is 0 Å². The molecule has 0 spiro atoms. The van der Waals surface area contributed by atoms with Crippen molar-refractivity contribution < 1.29 is 9.53 Å². The van der Waals surface area contributed by atoms with E-state index >= 15 is 0 Å². The Labute approximate surface area is 183 Å². The Balaban J connectivity index is 1.66. The summed E-state index contributed by atoms with van der Waals surface area (Å²) in [6.45, 7) is 2.02. The second-order valence-corrected chi connectivity index (χ2v) is 7.94. The van der Waals surface area contributed by atoms with Crippen LogP contribution in [-0.4, -0.2) is 17.6 Å². The first-order valence-electron chi connectivity index (χ1n) is 10.6. The van der Waals surface area contributed by atoms with Gasteiger partial charge in [0.1, 0.15) is 5.75 Å². The van der Waals surface area contributed by atoms with Gasteiger partial charge in [-0.25, -0.2) is 0 Å². The highest BCUT2D eigenvalue weighted by Crippen LogP contribution is 2.35. The lowest BCUT2D eigenvalue weighted by atomic mass is 9.87. The van der Waals surface area contributed by atoms with Crippen LogP contribution in [0.25, 0.3) is 10.9 Å². The smallest absolute Gasteiger partial charge is 0.221 e. The van der Waals surface area contributed by atoms with Gasteiger partial charge in [-0.1, -0.05) is 60.7 Å².